The van der Waals surface area contributed by atoms with E-state index in [9.17, 15) is 4.79 Å². The van der Waals surface area contributed by atoms with Crippen LogP contribution in [0.15, 0.2) is 28.8 Å². The smallest absolute Gasteiger partial charge is 0.315 e. The molecule has 0 unspecified atom stereocenters. The van der Waals surface area contributed by atoms with E-state index < -0.39 is 0 Å². The number of rotatable bonds is 4. The molecule has 0 bridgehead atoms. The van der Waals surface area contributed by atoms with Crippen molar-refractivity contribution in [3.05, 3.63) is 41.5 Å². The van der Waals surface area contributed by atoms with E-state index in [-0.39, 0.29) is 12.1 Å². The molecule has 1 atom stereocenters. The van der Waals surface area contributed by atoms with Gasteiger partial charge in [0.25, 0.3) is 0 Å². The van der Waals surface area contributed by atoms with Crippen molar-refractivity contribution in [2.75, 3.05) is 13.2 Å². The van der Waals surface area contributed by atoms with E-state index in [0.29, 0.717) is 31.3 Å². The molecule has 7 nitrogen and oxygen atoms in total. The minimum Gasteiger partial charge on any atom is -0.493 e. The number of hydrogen-bond donors (Lipinski definition) is 2. The number of amides is 2. The molecule has 2 amide bonds. The number of hydrogen-bond acceptors (Lipinski definition) is 5. The third-order valence-corrected chi connectivity index (χ3v) is 3.69. The second-order valence-electron chi connectivity index (χ2n) is 5.47. The summed E-state index contributed by atoms with van der Waals surface area (Å²) in [6, 6.07) is 7.58. The fraction of sp³-hybridized carbons (Fsp3) is 0.438. The molecule has 1 aromatic heterocycles. The van der Waals surface area contributed by atoms with Gasteiger partial charge in [0.2, 0.25) is 5.89 Å². The van der Waals surface area contributed by atoms with Crippen LogP contribution in [0.1, 0.15) is 36.2 Å². The van der Waals surface area contributed by atoms with E-state index in [1.54, 1.807) is 6.92 Å². The van der Waals surface area contributed by atoms with Gasteiger partial charge in [0.05, 0.1) is 12.6 Å². The fourth-order valence-electron chi connectivity index (χ4n) is 2.61. The van der Waals surface area contributed by atoms with Crippen molar-refractivity contribution in [3.63, 3.8) is 0 Å². The zero-order valence-corrected chi connectivity index (χ0v) is 13.0. The molecule has 0 spiro atoms. The van der Waals surface area contributed by atoms with Gasteiger partial charge in [0.1, 0.15) is 5.75 Å². The minimum absolute atomic E-state index is 0.0423. The molecule has 2 aromatic rings. The summed E-state index contributed by atoms with van der Waals surface area (Å²) in [5, 5.41) is 9.55. The molecular formula is C16H20N4O3. The topological polar surface area (TPSA) is 89.3 Å². The number of nitrogens with one attached hydrogen (secondary N) is 2. The van der Waals surface area contributed by atoms with Crippen LogP contribution in [-0.4, -0.2) is 29.3 Å². The predicted molar refractivity (Wildman–Crippen MR) is 83.2 cm³/mol. The summed E-state index contributed by atoms with van der Waals surface area (Å²) in [7, 11) is 0. The van der Waals surface area contributed by atoms with Gasteiger partial charge in [-0.2, -0.15) is 4.98 Å². The number of ether oxygens (including phenoxy) is 1. The maximum absolute atomic E-state index is 12.1. The minimum atomic E-state index is -0.206. The highest BCUT2D eigenvalue weighted by atomic mass is 16.5. The highest BCUT2D eigenvalue weighted by molar-refractivity contribution is 5.74. The second-order valence-corrected chi connectivity index (χ2v) is 5.47. The SMILES string of the molecule is Cc1noc(CCNC(=O)N[C@H]2CCCOc3ccccc32)n1. The van der Waals surface area contributed by atoms with Crippen molar-refractivity contribution >= 4 is 6.03 Å². The third-order valence-electron chi connectivity index (χ3n) is 3.69. The Balaban J connectivity index is 1.53. The zero-order valence-electron chi connectivity index (χ0n) is 13.0. The van der Waals surface area contributed by atoms with Gasteiger partial charge in [-0.25, -0.2) is 4.79 Å². The Labute approximate surface area is 134 Å². The van der Waals surface area contributed by atoms with Crippen LogP contribution in [0.5, 0.6) is 5.75 Å². The predicted octanol–water partition coefficient (Wildman–Crippen LogP) is 2.13. The number of aromatic nitrogens is 2. The summed E-state index contributed by atoms with van der Waals surface area (Å²) in [6.07, 6.45) is 2.27. The van der Waals surface area contributed by atoms with Crippen LogP contribution in [0.4, 0.5) is 4.79 Å². The summed E-state index contributed by atoms with van der Waals surface area (Å²) < 4.78 is 10.7. The molecule has 122 valence electrons. The summed E-state index contributed by atoms with van der Waals surface area (Å²) >= 11 is 0. The number of carbonyl (C=O) groups is 1. The van der Waals surface area contributed by atoms with Gasteiger partial charge in [0, 0.05) is 18.5 Å². The highest BCUT2D eigenvalue weighted by Gasteiger charge is 2.20. The number of nitrogens with zero attached hydrogens (tertiary/aromatic N) is 2. The molecule has 2 N–H and O–H groups in total. The molecule has 7 heteroatoms. The van der Waals surface area contributed by atoms with E-state index in [4.69, 9.17) is 9.26 Å². The van der Waals surface area contributed by atoms with Gasteiger partial charge in [0.15, 0.2) is 5.82 Å². The largest absolute Gasteiger partial charge is 0.493 e. The van der Waals surface area contributed by atoms with Crippen LogP contribution in [0.2, 0.25) is 0 Å². The van der Waals surface area contributed by atoms with Crippen molar-refractivity contribution < 1.29 is 14.1 Å². The maximum atomic E-state index is 12.1. The lowest BCUT2D eigenvalue weighted by Crippen LogP contribution is -2.38. The summed E-state index contributed by atoms with van der Waals surface area (Å²) in [5.74, 6) is 1.96. The van der Waals surface area contributed by atoms with Gasteiger partial charge in [-0.15, -0.1) is 0 Å². The van der Waals surface area contributed by atoms with Crippen molar-refractivity contribution in [2.24, 2.45) is 0 Å². The summed E-state index contributed by atoms with van der Waals surface area (Å²) in [5.41, 5.74) is 1.02. The van der Waals surface area contributed by atoms with E-state index in [2.05, 4.69) is 20.8 Å². The Morgan fingerprint density at radius 1 is 1.39 bits per heavy atom. The Morgan fingerprint density at radius 2 is 2.26 bits per heavy atom. The highest BCUT2D eigenvalue weighted by Crippen LogP contribution is 2.30. The monoisotopic (exact) mass is 316 g/mol. The normalized spacial score (nSPS) is 16.8. The molecule has 0 saturated heterocycles. The number of para-hydroxylation sites is 1. The van der Waals surface area contributed by atoms with Crippen LogP contribution in [0, 0.1) is 6.92 Å². The Morgan fingerprint density at radius 3 is 3.09 bits per heavy atom. The Kier molecular flexibility index (Phi) is 4.75. The molecule has 2 heterocycles. The number of benzene rings is 1. The molecule has 1 aromatic carbocycles. The van der Waals surface area contributed by atoms with Gasteiger partial charge in [-0.1, -0.05) is 23.4 Å². The average Bonchev–Trinajstić information content (AvgIpc) is 2.85. The maximum Gasteiger partial charge on any atom is 0.315 e. The lowest BCUT2D eigenvalue weighted by molar-refractivity contribution is 0.236. The first-order chi connectivity index (χ1) is 11.2. The van der Waals surface area contributed by atoms with E-state index in [1.165, 1.54) is 0 Å². The molecule has 0 radical (unpaired) electrons. The van der Waals surface area contributed by atoms with Crippen molar-refractivity contribution in [1.29, 1.82) is 0 Å². The van der Waals surface area contributed by atoms with Gasteiger partial charge >= 0.3 is 6.03 Å². The summed E-state index contributed by atoms with van der Waals surface area (Å²) in [6.45, 7) is 2.88. The van der Waals surface area contributed by atoms with E-state index in [1.807, 2.05) is 24.3 Å². The fourth-order valence-corrected chi connectivity index (χ4v) is 2.61. The molecule has 3 rings (SSSR count). The van der Waals surface area contributed by atoms with Crippen LogP contribution in [0.3, 0.4) is 0 Å². The molecule has 0 saturated carbocycles. The van der Waals surface area contributed by atoms with Crippen molar-refractivity contribution in [1.82, 2.24) is 20.8 Å². The lowest BCUT2D eigenvalue weighted by atomic mass is 10.0. The van der Waals surface area contributed by atoms with Crippen LogP contribution < -0.4 is 15.4 Å². The molecule has 0 aliphatic carbocycles. The first kappa shape index (κ1) is 15.3. The Hall–Kier alpha value is -2.57. The second kappa shape index (κ2) is 7.13. The van der Waals surface area contributed by atoms with Crippen molar-refractivity contribution in [3.8, 4) is 5.75 Å². The van der Waals surface area contributed by atoms with Gasteiger partial charge in [-0.3, -0.25) is 0 Å². The number of urea groups is 1. The average molecular weight is 316 g/mol. The zero-order chi connectivity index (χ0) is 16.1. The standard InChI is InChI=1S/C16H20N4O3/c1-11-18-15(23-20-11)8-9-17-16(21)19-13-6-4-10-22-14-7-3-2-5-12(13)14/h2-3,5,7,13H,4,6,8-10H2,1H3,(H2,17,19,21)/t13-/m0/s1. The Bertz CT molecular complexity index is 671. The number of aryl methyl sites for hydroxylation is 1. The first-order valence-corrected chi connectivity index (χ1v) is 7.77. The molecule has 1 aliphatic heterocycles. The van der Waals surface area contributed by atoms with Crippen LogP contribution in [-0.2, 0) is 6.42 Å². The number of carbonyl (C=O) groups excluding carboxylic acids is 1. The number of fused-ring (bicyclic) bond motifs is 1. The lowest BCUT2D eigenvalue weighted by Gasteiger charge is -2.18. The van der Waals surface area contributed by atoms with Gasteiger partial charge < -0.3 is 19.9 Å². The third kappa shape index (κ3) is 4.00. The van der Waals surface area contributed by atoms with Crippen LogP contribution >= 0.6 is 0 Å². The molecule has 23 heavy (non-hydrogen) atoms. The van der Waals surface area contributed by atoms with E-state index in [0.717, 1.165) is 24.2 Å². The van der Waals surface area contributed by atoms with E-state index >= 15 is 0 Å². The summed E-state index contributed by atoms with van der Waals surface area (Å²) in [4.78, 5) is 16.2. The molecular weight excluding hydrogens is 296 g/mol. The first-order valence-electron chi connectivity index (χ1n) is 7.77. The molecule has 0 fully saturated rings. The van der Waals surface area contributed by atoms with Crippen molar-refractivity contribution in [2.45, 2.75) is 32.2 Å². The van der Waals surface area contributed by atoms with Crippen LogP contribution in [0.25, 0.3) is 0 Å². The quantitative estimate of drug-likeness (QED) is 0.902. The molecule has 1 aliphatic rings. The van der Waals surface area contributed by atoms with Gasteiger partial charge in [-0.05, 0) is 25.8 Å².